The van der Waals surface area contributed by atoms with Crippen LogP contribution in [0.5, 0.6) is 0 Å². The highest BCUT2D eigenvalue weighted by atomic mass is 16.5. The zero-order chi connectivity index (χ0) is 18.1. The van der Waals surface area contributed by atoms with Crippen LogP contribution in [-0.2, 0) is 11.2 Å². The summed E-state index contributed by atoms with van der Waals surface area (Å²) in [6.45, 7) is 3.65. The zero-order valence-corrected chi connectivity index (χ0v) is 14.6. The summed E-state index contributed by atoms with van der Waals surface area (Å²) in [7, 11) is 0. The highest BCUT2D eigenvalue weighted by molar-refractivity contribution is 5.92. The number of nitrogens with zero attached hydrogens (tertiary/aromatic N) is 3. The summed E-state index contributed by atoms with van der Waals surface area (Å²) in [5, 5.41) is 6.78. The summed E-state index contributed by atoms with van der Waals surface area (Å²) >= 11 is 0. The van der Waals surface area contributed by atoms with Gasteiger partial charge in [0, 0.05) is 29.2 Å². The Hall–Kier alpha value is -3.41. The average molecular weight is 346 g/mol. The molecule has 3 heterocycles. The van der Waals surface area contributed by atoms with Crippen molar-refractivity contribution in [3.8, 4) is 11.3 Å². The number of rotatable bonds is 4. The fraction of sp³-hybridized carbons (Fsp3) is 0.150. The van der Waals surface area contributed by atoms with Crippen LogP contribution in [0.4, 0.5) is 5.69 Å². The lowest BCUT2D eigenvalue weighted by Gasteiger charge is -2.06. The molecule has 0 spiro atoms. The number of hydrogen-bond donors (Lipinski definition) is 1. The second-order valence-corrected chi connectivity index (χ2v) is 6.20. The standard InChI is InChI=1S/C20H18N4O2/c1-13-17(14(2)26-23-13)11-20(25)21-16-8-6-15(7-9-16)18-12-24-10-4-3-5-19(24)22-18/h3-10,12H,11H2,1-2H3,(H,21,25). The van der Waals surface area contributed by atoms with Gasteiger partial charge in [0.1, 0.15) is 11.4 Å². The van der Waals surface area contributed by atoms with Gasteiger partial charge in [-0.15, -0.1) is 0 Å². The van der Waals surface area contributed by atoms with Crippen LogP contribution >= 0.6 is 0 Å². The predicted octanol–water partition coefficient (Wildman–Crippen LogP) is 3.79. The Kier molecular flexibility index (Phi) is 4.01. The van der Waals surface area contributed by atoms with Gasteiger partial charge in [0.05, 0.1) is 17.8 Å². The first-order valence-corrected chi connectivity index (χ1v) is 8.36. The van der Waals surface area contributed by atoms with Crippen LogP contribution in [0.25, 0.3) is 16.9 Å². The Bertz CT molecular complexity index is 1020. The van der Waals surface area contributed by atoms with Crippen molar-refractivity contribution in [2.24, 2.45) is 0 Å². The molecule has 0 bridgehead atoms. The van der Waals surface area contributed by atoms with Crippen molar-refractivity contribution in [2.45, 2.75) is 20.3 Å². The topological polar surface area (TPSA) is 72.4 Å². The highest BCUT2D eigenvalue weighted by Crippen LogP contribution is 2.21. The molecule has 0 atom stereocenters. The van der Waals surface area contributed by atoms with Crippen LogP contribution in [0.2, 0.25) is 0 Å². The molecule has 6 nitrogen and oxygen atoms in total. The lowest BCUT2D eigenvalue weighted by atomic mass is 10.1. The van der Waals surface area contributed by atoms with Gasteiger partial charge in [0.2, 0.25) is 5.91 Å². The van der Waals surface area contributed by atoms with Gasteiger partial charge < -0.3 is 14.2 Å². The average Bonchev–Trinajstić information content (AvgIpc) is 3.21. The van der Waals surface area contributed by atoms with Crippen molar-refractivity contribution >= 4 is 17.2 Å². The van der Waals surface area contributed by atoms with Crippen LogP contribution in [-0.4, -0.2) is 20.4 Å². The van der Waals surface area contributed by atoms with E-state index in [1.807, 2.05) is 73.1 Å². The number of imidazole rings is 1. The molecule has 0 saturated carbocycles. The number of amides is 1. The Morgan fingerprint density at radius 3 is 2.65 bits per heavy atom. The number of carbonyl (C=O) groups excluding carboxylic acids is 1. The monoisotopic (exact) mass is 346 g/mol. The SMILES string of the molecule is Cc1noc(C)c1CC(=O)Nc1ccc(-c2cn3ccccc3n2)cc1. The van der Waals surface area contributed by atoms with Gasteiger partial charge in [-0.2, -0.15) is 0 Å². The molecule has 1 aromatic carbocycles. The number of pyridine rings is 1. The van der Waals surface area contributed by atoms with Gasteiger partial charge in [-0.05, 0) is 38.1 Å². The maximum Gasteiger partial charge on any atom is 0.228 e. The molecule has 0 unspecified atom stereocenters. The van der Waals surface area contributed by atoms with E-state index in [9.17, 15) is 4.79 Å². The van der Waals surface area contributed by atoms with Crippen LogP contribution in [0, 0.1) is 13.8 Å². The number of aryl methyl sites for hydroxylation is 2. The molecular weight excluding hydrogens is 328 g/mol. The van der Waals surface area contributed by atoms with Crippen LogP contribution < -0.4 is 5.32 Å². The van der Waals surface area contributed by atoms with Crippen molar-refractivity contribution in [3.05, 3.63) is 71.9 Å². The number of hydrogen-bond acceptors (Lipinski definition) is 4. The van der Waals surface area contributed by atoms with E-state index in [-0.39, 0.29) is 12.3 Å². The molecule has 0 aliphatic carbocycles. The number of fused-ring (bicyclic) bond motifs is 1. The smallest absolute Gasteiger partial charge is 0.228 e. The van der Waals surface area contributed by atoms with E-state index in [4.69, 9.17) is 4.52 Å². The van der Waals surface area contributed by atoms with Gasteiger partial charge in [-0.3, -0.25) is 4.79 Å². The second kappa shape index (κ2) is 6.48. The van der Waals surface area contributed by atoms with Crippen molar-refractivity contribution in [2.75, 3.05) is 5.32 Å². The quantitative estimate of drug-likeness (QED) is 0.610. The molecule has 130 valence electrons. The van der Waals surface area contributed by atoms with E-state index < -0.39 is 0 Å². The molecule has 4 aromatic rings. The van der Waals surface area contributed by atoms with Crippen LogP contribution in [0.1, 0.15) is 17.0 Å². The lowest BCUT2D eigenvalue weighted by molar-refractivity contribution is -0.115. The van der Waals surface area contributed by atoms with E-state index in [2.05, 4.69) is 15.5 Å². The van der Waals surface area contributed by atoms with Crippen molar-refractivity contribution in [3.63, 3.8) is 0 Å². The van der Waals surface area contributed by atoms with Crippen LogP contribution in [0.15, 0.2) is 59.4 Å². The number of aromatic nitrogens is 3. The maximum absolute atomic E-state index is 12.3. The Morgan fingerprint density at radius 1 is 1.15 bits per heavy atom. The minimum atomic E-state index is -0.0973. The third kappa shape index (κ3) is 3.09. The summed E-state index contributed by atoms with van der Waals surface area (Å²) in [5.41, 5.74) is 5.12. The first-order chi connectivity index (χ1) is 12.6. The first kappa shape index (κ1) is 16.1. The summed E-state index contributed by atoms with van der Waals surface area (Å²) < 4.78 is 7.08. The predicted molar refractivity (Wildman–Crippen MR) is 98.9 cm³/mol. The van der Waals surface area contributed by atoms with Gasteiger partial charge in [-0.25, -0.2) is 4.98 Å². The fourth-order valence-corrected chi connectivity index (χ4v) is 2.92. The molecule has 0 radical (unpaired) electrons. The molecule has 0 aliphatic rings. The molecule has 3 aromatic heterocycles. The second-order valence-electron chi connectivity index (χ2n) is 6.20. The van der Waals surface area contributed by atoms with E-state index in [1.54, 1.807) is 0 Å². The third-order valence-corrected chi connectivity index (χ3v) is 4.35. The van der Waals surface area contributed by atoms with Crippen molar-refractivity contribution < 1.29 is 9.32 Å². The molecule has 4 rings (SSSR count). The van der Waals surface area contributed by atoms with E-state index >= 15 is 0 Å². The summed E-state index contributed by atoms with van der Waals surface area (Å²) in [4.78, 5) is 16.9. The normalized spacial score (nSPS) is 11.0. The highest BCUT2D eigenvalue weighted by Gasteiger charge is 2.13. The lowest BCUT2D eigenvalue weighted by Crippen LogP contribution is -2.15. The van der Waals surface area contributed by atoms with E-state index in [0.717, 1.165) is 33.8 Å². The van der Waals surface area contributed by atoms with Crippen molar-refractivity contribution in [1.82, 2.24) is 14.5 Å². The molecule has 1 amide bonds. The molecule has 6 heteroatoms. The number of carbonyl (C=O) groups is 1. The summed E-state index contributed by atoms with van der Waals surface area (Å²) in [6.07, 6.45) is 4.20. The Labute approximate surface area is 150 Å². The Morgan fingerprint density at radius 2 is 1.96 bits per heavy atom. The van der Waals surface area contributed by atoms with Gasteiger partial charge >= 0.3 is 0 Å². The number of anilines is 1. The molecule has 0 aliphatic heterocycles. The minimum Gasteiger partial charge on any atom is -0.361 e. The molecule has 26 heavy (non-hydrogen) atoms. The minimum absolute atomic E-state index is 0.0973. The maximum atomic E-state index is 12.3. The third-order valence-electron chi connectivity index (χ3n) is 4.35. The van der Waals surface area contributed by atoms with Gasteiger partial charge in [0.25, 0.3) is 0 Å². The van der Waals surface area contributed by atoms with Crippen molar-refractivity contribution in [1.29, 1.82) is 0 Å². The molecule has 1 N–H and O–H groups in total. The van der Waals surface area contributed by atoms with Gasteiger partial charge in [-0.1, -0.05) is 23.4 Å². The van der Waals surface area contributed by atoms with Crippen LogP contribution in [0.3, 0.4) is 0 Å². The molecule has 0 saturated heterocycles. The van der Waals surface area contributed by atoms with E-state index in [0.29, 0.717) is 5.76 Å². The largest absolute Gasteiger partial charge is 0.361 e. The molecule has 0 fully saturated rings. The number of nitrogens with one attached hydrogen (secondary N) is 1. The first-order valence-electron chi connectivity index (χ1n) is 8.36. The summed E-state index contributed by atoms with van der Waals surface area (Å²) in [6, 6.07) is 13.6. The zero-order valence-electron chi connectivity index (χ0n) is 14.6. The van der Waals surface area contributed by atoms with E-state index in [1.165, 1.54) is 0 Å². The van der Waals surface area contributed by atoms with Gasteiger partial charge in [0.15, 0.2) is 0 Å². The summed E-state index contributed by atoms with van der Waals surface area (Å²) in [5.74, 6) is 0.583. The number of benzene rings is 1. The Balaban J connectivity index is 1.48. The molecular formula is C20H18N4O2. The fourth-order valence-electron chi connectivity index (χ4n) is 2.92.